The number of nitrogen functional groups attached to an aromatic ring is 1. The van der Waals surface area contributed by atoms with Crippen LogP contribution >= 0.6 is 0 Å². The lowest BCUT2D eigenvalue weighted by atomic mass is 10.1. The maximum absolute atomic E-state index is 10.6. The Labute approximate surface area is 139 Å². The van der Waals surface area contributed by atoms with Crippen LogP contribution in [0.4, 0.5) is 5.82 Å². The summed E-state index contributed by atoms with van der Waals surface area (Å²) in [7, 11) is 0. The van der Waals surface area contributed by atoms with Gasteiger partial charge in [-0.25, -0.2) is 0 Å². The van der Waals surface area contributed by atoms with Gasteiger partial charge in [-0.1, -0.05) is 5.10 Å². The number of anilines is 1. The summed E-state index contributed by atoms with van der Waals surface area (Å²) in [6.07, 6.45) is 0.548. The van der Waals surface area contributed by atoms with Crippen molar-refractivity contribution in [3.8, 4) is 17.0 Å². The Hall–Kier alpha value is -2.15. The largest absolute Gasteiger partial charge is 1.00 e. The summed E-state index contributed by atoms with van der Waals surface area (Å²) in [6.45, 7) is 2.33. The molecule has 1 aromatic carbocycles. The van der Waals surface area contributed by atoms with Crippen molar-refractivity contribution in [2.24, 2.45) is 0 Å². The van der Waals surface area contributed by atoms with Crippen LogP contribution in [0.2, 0.25) is 0 Å². The first-order chi connectivity index (χ1) is 9.97. The number of nitrogens with zero attached hydrogens (tertiary/aromatic N) is 2. The molecule has 0 aliphatic heterocycles. The third-order valence-corrected chi connectivity index (χ3v) is 3.19. The molecular formula is C15H18BrN3O3. The molecule has 6 nitrogen and oxygen atoms in total. The minimum absolute atomic E-state index is 0. The quantitative estimate of drug-likeness (QED) is 0.558. The van der Waals surface area contributed by atoms with Crippen molar-refractivity contribution in [1.29, 1.82) is 0 Å². The molecule has 2 aromatic rings. The number of carbonyl (C=O) groups is 1. The second-order valence-corrected chi connectivity index (χ2v) is 4.87. The Morgan fingerprint density at radius 3 is 2.55 bits per heavy atom. The Bertz CT molecular complexity index is 660. The summed E-state index contributed by atoms with van der Waals surface area (Å²) in [4.78, 5) is 10.6. The first-order valence-corrected chi connectivity index (χ1v) is 6.66. The van der Waals surface area contributed by atoms with Crippen molar-refractivity contribution in [2.45, 2.75) is 26.3 Å². The van der Waals surface area contributed by atoms with Gasteiger partial charge in [-0.3, -0.25) is 10.5 Å². The molecule has 0 fully saturated rings. The summed E-state index contributed by atoms with van der Waals surface area (Å²) in [5.74, 6) is -0.108. The van der Waals surface area contributed by atoms with E-state index in [1.54, 1.807) is 28.9 Å². The topological polar surface area (TPSA) is 100 Å². The molecule has 1 heterocycles. The van der Waals surface area contributed by atoms with Crippen LogP contribution in [0.3, 0.4) is 0 Å². The first kappa shape index (κ1) is 17.9. The molecule has 0 saturated heterocycles. The van der Waals surface area contributed by atoms with Crippen molar-refractivity contribution >= 4 is 11.8 Å². The molecule has 2 rings (SSSR count). The zero-order chi connectivity index (χ0) is 15.4. The smallest absolute Gasteiger partial charge is 0.303 e. The molecule has 0 unspecified atom stereocenters. The highest BCUT2D eigenvalue weighted by atomic mass is 79.9. The van der Waals surface area contributed by atoms with Crippen LogP contribution in [0, 0.1) is 6.92 Å². The Morgan fingerprint density at radius 2 is 1.95 bits per heavy atom. The number of hydrogen-bond donors (Lipinski definition) is 3. The van der Waals surface area contributed by atoms with E-state index >= 15 is 0 Å². The average Bonchev–Trinajstić information content (AvgIpc) is 2.43. The Morgan fingerprint density at radius 1 is 1.32 bits per heavy atom. The zero-order valence-electron chi connectivity index (χ0n) is 12.2. The number of hydrogen-bond acceptors (Lipinski definition) is 4. The van der Waals surface area contributed by atoms with Crippen LogP contribution in [0.15, 0.2) is 30.3 Å². The molecule has 0 saturated carbocycles. The van der Waals surface area contributed by atoms with E-state index in [1.807, 2.05) is 13.0 Å². The number of aromatic hydroxyl groups is 1. The molecule has 0 atom stereocenters. The normalized spacial score (nSPS) is 10.0. The number of halogens is 1. The van der Waals surface area contributed by atoms with Crippen molar-refractivity contribution in [1.82, 2.24) is 5.10 Å². The van der Waals surface area contributed by atoms with E-state index in [-0.39, 0.29) is 29.2 Å². The molecule has 0 radical (unpaired) electrons. The third kappa shape index (κ3) is 4.42. The maximum atomic E-state index is 10.6. The summed E-state index contributed by atoms with van der Waals surface area (Å²) in [5.41, 5.74) is 8.46. The zero-order valence-corrected chi connectivity index (χ0v) is 13.7. The molecule has 1 aromatic heterocycles. The van der Waals surface area contributed by atoms with Crippen LogP contribution in [0.5, 0.6) is 5.75 Å². The number of nitrogens with two attached hydrogens (primary N) is 1. The highest BCUT2D eigenvalue weighted by Gasteiger charge is 2.14. The van der Waals surface area contributed by atoms with Crippen LogP contribution in [0.25, 0.3) is 11.3 Å². The van der Waals surface area contributed by atoms with Crippen molar-refractivity contribution in [3.05, 3.63) is 35.9 Å². The van der Waals surface area contributed by atoms with Gasteiger partial charge in [0.2, 0.25) is 0 Å². The lowest BCUT2D eigenvalue weighted by Crippen LogP contribution is -3.00. The van der Waals surface area contributed by atoms with E-state index in [4.69, 9.17) is 10.8 Å². The van der Waals surface area contributed by atoms with Gasteiger partial charge in [0, 0.05) is 17.5 Å². The van der Waals surface area contributed by atoms with Gasteiger partial charge in [0.15, 0.2) is 0 Å². The molecule has 22 heavy (non-hydrogen) atoms. The van der Waals surface area contributed by atoms with Gasteiger partial charge in [0.05, 0.1) is 0 Å². The van der Waals surface area contributed by atoms with E-state index in [2.05, 4.69) is 5.10 Å². The monoisotopic (exact) mass is 367 g/mol. The number of phenols is 1. The average molecular weight is 368 g/mol. The molecular weight excluding hydrogens is 350 g/mol. The second kappa shape index (κ2) is 7.74. The summed E-state index contributed by atoms with van der Waals surface area (Å²) < 4.78 is 1.63. The lowest BCUT2D eigenvalue weighted by Gasteiger charge is -2.07. The number of carboxylic acid groups (broad SMARTS) is 1. The number of carboxylic acids is 1. The fourth-order valence-corrected chi connectivity index (χ4v) is 2.02. The fourth-order valence-electron chi connectivity index (χ4n) is 2.02. The highest BCUT2D eigenvalue weighted by Crippen LogP contribution is 2.21. The molecule has 0 spiro atoms. The van der Waals surface area contributed by atoms with E-state index < -0.39 is 5.97 Å². The van der Waals surface area contributed by atoms with E-state index in [1.165, 1.54) is 0 Å². The third-order valence-electron chi connectivity index (χ3n) is 3.19. The number of aromatic nitrogens is 2. The van der Waals surface area contributed by atoms with Gasteiger partial charge in [-0.05, 0) is 43.7 Å². The van der Waals surface area contributed by atoms with Gasteiger partial charge in [0.1, 0.15) is 18.0 Å². The van der Waals surface area contributed by atoms with Crippen LogP contribution in [-0.4, -0.2) is 21.3 Å². The summed E-state index contributed by atoms with van der Waals surface area (Å²) in [6, 6.07) is 8.61. The van der Waals surface area contributed by atoms with Crippen molar-refractivity contribution in [2.75, 3.05) is 5.73 Å². The predicted molar refractivity (Wildman–Crippen MR) is 77.6 cm³/mol. The Balaban J connectivity index is 0.00000242. The minimum atomic E-state index is -0.833. The van der Waals surface area contributed by atoms with E-state index in [0.29, 0.717) is 18.8 Å². The van der Waals surface area contributed by atoms with Crippen LogP contribution in [-0.2, 0) is 11.3 Å². The lowest BCUT2D eigenvalue weighted by molar-refractivity contribution is -0.740. The summed E-state index contributed by atoms with van der Waals surface area (Å²) in [5, 5.41) is 22.5. The number of aryl methyl sites for hydroxylation is 2. The second-order valence-electron chi connectivity index (χ2n) is 4.87. The molecule has 0 aliphatic rings. The van der Waals surface area contributed by atoms with Gasteiger partial charge in [-0.15, -0.1) is 4.68 Å². The first-order valence-electron chi connectivity index (χ1n) is 6.66. The van der Waals surface area contributed by atoms with E-state index in [0.717, 1.165) is 16.8 Å². The van der Waals surface area contributed by atoms with Crippen LogP contribution < -0.4 is 27.4 Å². The molecule has 7 heteroatoms. The summed E-state index contributed by atoms with van der Waals surface area (Å²) >= 11 is 0. The van der Waals surface area contributed by atoms with Crippen LogP contribution in [0.1, 0.15) is 18.4 Å². The van der Waals surface area contributed by atoms with Gasteiger partial charge in [0.25, 0.3) is 5.82 Å². The molecule has 0 aliphatic carbocycles. The molecule has 118 valence electrons. The molecule has 0 amide bonds. The highest BCUT2D eigenvalue weighted by molar-refractivity contribution is 5.66. The standard InChI is InChI=1S/C15H17N3O3.BrH/c1-10-9-13(11-4-6-12(19)7-5-11)17-18(15(10)16)8-2-3-14(20)21;/h4-7,9,16H,2-3,8H2,1H3,(H2,17,19,20,21);1H. The number of rotatable bonds is 5. The van der Waals surface area contributed by atoms with Crippen molar-refractivity contribution < 1.29 is 36.7 Å². The molecule has 4 N–H and O–H groups in total. The number of phenolic OH excluding ortho intramolecular Hbond substituents is 1. The van der Waals surface area contributed by atoms with E-state index in [9.17, 15) is 9.90 Å². The number of benzene rings is 1. The SMILES string of the molecule is Cc1cc(-c2ccc(O)cc2)n[n+](CCCC(=O)O)c1N.[Br-]. The maximum Gasteiger partial charge on any atom is 0.303 e. The van der Waals surface area contributed by atoms with Gasteiger partial charge in [-0.2, -0.15) is 0 Å². The van der Waals surface area contributed by atoms with Gasteiger partial charge < -0.3 is 27.2 Å². The van der Waals surface area contributed by atoms with Crippen molar-refractivity contribution in [3.63, 3.8) is 0 Å². The molecule has 0 bridgehead atoms. The number of aliphatic carboxylic acids is 1. The predicted octanol–water partition coefficient (Wildman–Crippen LogP) is -1.50. The fraction of sp³-hybridized carbons (Fsp3) is 0.267. The van der Waals surface area contributed by atoms with Gasteiger partial charge >= 0.3 is 5.97 Å². The minimum Gasteiger partial charge on any atom is -1.00 e. The Kier molecular flexibility index (Phi) is 6.30.